The highest BCUT2D eigenvalue weighted by Crippen LogP contribution is 2.48. The van der Waals surface area contributed by atoms with Crippen LogP contribution in [0.2, 0.25) is 0 Å². The molecular weight excluding hydrogens is 170 g/mol. The average molecular weight is 183 g/mol. The fourth-order valence-corrected chi connectivity index (χ4v) is 1.79. The van der Waals surface area contributed by atoms with Crippen LogP contribution in [0, 0.1) is 5.41 Å². The third-order valence-corrected chi connectivity index (χ3v) is 3.33. The predicted octanol–water partition coefficient (Wildman–Crippen LogP) is 2.14. The predicted molar refractivity (Wildman–Crippen MR) is 50.4 cm³/mol. The van der Waals surface area contributed by atoms with Gasteiger partial charge in [0.15, 0.2) is 0 Å². The number of hydrogen-bond donors (Lipinski definition) is 1. The van der Waals surface area contributed by atoms with Crippen LogP contribution in [0.1, 0.15) is 26.2 Å². The van der Waals surface area contributed by atoms with Gasteiger partial charge in [0.1, 0.15) is 5.51 Å². The highest BCUT2D eigenvalue weighted by atomic mass is 32.1. The molecule has 1 N–H and O–H groups in total. The van der Waals surface area contributed by atoms with Gasteiger partial charge in [-0.2, -0.15) is 0 Å². The van der Waals surface area contributed by atoms with Crippen LogP contribution in [0.5, 0.6) is 0 Å². The van der Waals surface area contributed by atoms with E-state index >= 15 is 0 Å². The number of hydrogen-bond acceptors (Lipinski definition) is 4. The summed E-state index contributed by atoms with van der Waals surface area (Å²) < 4.78 is 0. The van der Waals surface area contributed by atoms with Crippen molar-refractivity contribution in [1.29, 1.82) is 0 Å². The van der Waals surface area contributed by atoms with Crippen molar-refractivity contribution in [3.8, 4) is 0 Å². The van der Waals surface area contributed by atoms with E-state index in [0.29, 0.717) is 5.41 Å². The lowest BCUT2D eigenvalue weighted by molar-refractivity contribution is 0.521. The van der Waals surface area contributed by atoms with Gasteiger partial charge in [-0.1, -0.05) is 18.3 Å². The first kappa shape index (κ1) is 7.98. The van der Waals surface area contributed by atoms with Crippen molar-refractivity contribution in [2.24, 2.45) is 5.41 Å². The Bertz CT molecular complexity index is 241. The van der Waals surface area contributed by atoms with Crippen LogP contribution in [0.4, 0.5) is 5.13 Å². The first-order valence-electron chi connectivity index (χ1n) is 4.35. The second kappa shape index (κ2) is 3.01. The zero-order valence-electron chi connectivity index (χ0n) is 7.21. The first-order chi connectivity index (χ1) is 5.85. The van der Waals surface area contributed by atoms with Gasteiger partial charge in [-0.25, -0.2) is 0 Å². The van der Waals surface area contributed by atoms with Gasteiger partial charge in [0.2, 0.25) is 5.13 Å². The summed E-state index contributed by atoms with van der Waals surface area (Å²) >= 11 is 1.57. The molecule has 0 aliphatic heterocycles. The molecule has 0 saturated heterocycles. The Hall–Kier alpha value is -0.640. The van der Waals surface area contributed by atoms with Crippen LogP contribution >= 0.6 is 11.3 Å². The molecule has 66 valence electrons. The molecule has 1 fully saturated rings. The largest absolute Gasteiger partial charge is 0.360 e. The van der Waals surface area contributed by atoms with Crippen LogP contribution in [0.3, 0.4) is 0 Å². The van der Waals surface area contributed by atoms with E-state index in [1.807, 2.05) is 0 Å². The lowest BCUT2D eigenvalue weighted by Gasteiger charge is -2.11. The van der Waals surface area contributed by atoms with Crippen LogP contribution in [-0.2, 0) is 0 Å². The summed E-state index contributed by atoms with van der Waals surface area (Å²) in [5.41, 5.74) is 2.35. The molecule has 0 radical (unpaired) electrons. The van der Waals surface area contributed by atoms with Crippen LogP contribution in [-0.4, -0.2) is 16.7 Å². The van der Waals surface area contributed by atoms with Gasteiger partial charge in [-0.15, -0.1) is 10.2 Å². The van der Waals surface area contributed by atoms with Crippen molar-refractivity contribution in [2.45, 2.75) is 26.2 Å². The molecule has 0 unspecified atom stereocenters. The van der Waals surface area contributed by atoms with E-state index in [4.69, 9.17) is 0 Å². The van der Waals surface area contributed by atoms with Gasteiger partial charge in [-0.3, -0.25) is 0 Å². The lowest BCUT2D eigenvalue weighted by atomic mass is 10.0. The van der Waals surface area contributed by atoms with Crippen LogP contribution in [0.15, 0.2) is 5.51 Å². The minimum absolute atomic E-state index is 0.589. The molecule has 0 bridgehead atoms. The molecule has 0 amide bonds. The van der Waals surface area contributed by atoms with E-state index in [9.17, 15) is 0 Å². The minimum atomic E-state index is 0.589. The maximum Gasteiger partial charge on any atom is 0.205 e. The third-order valence-electron chi connectivity index (χ3n) is 2.68. The van der Waals surface area contributed by atoms with E-state index in [-0.39, 0.29) is 0 Å². The molecule has 1 aliphatic carbocycles. The lowest BCUT2D eigenvalue weighted by Crippen LogP contribution is -2.14. The number of nitrogens with one attached hydrogen (secondary N) is 1. The summed E-state index contributed by atoms with van der Waals surface area (Å²) in [6.07, 6.45) is 4.02. The van der Waals surface area contributed by atoms with E-state index in [1.165, 1.54) is 19.3 Å². The Labute approximate surface area is 76.2 Å². The molecule has 4 heteroatoms. The summed E-state index contributed by atoms with van der Waals surface area (Å²) in [4.78, 5) is 0. The van der Waals surface area contributed by atoms with Gasteiger partial charge in [0.05, 0.1) is 0 Å². The van der Waals surface area contributed by atoms with Crippen molar-refractivity contribution < 1.29 is 0 Å². The van der Waals surface area contributed by atoms with E-state index < -0.39 is 0 Å². The summed E-state index contributed by atoms with van der Waals surface area (Å²) in [5.74, 6) is 0. The van der Waals surface area contributed by atoms with Crippen LogP contribution < -0.4 is 5.32 Å². The zero-order chi connectivity index (χ0) is 8.44. The number of rotatable bonds is 4. The van der Waals surface area contributed by atoms with Crippen molar-refractivity contribution in [1.82, 2.24) is 10.2 Å². The normalized spacial score (nSPS) is 19.1. The molecule has 1 aliphatic rings. The summed E-state index contributed by atoms with van der Waals surface area (Å²) in [7, 11) is 0. The highest BCUT2D eigenvalue weighted by Gasteiger charge is 2.40. The molecule has 12 heavy (non-hydrogen) atoms. The standard InChI is InChI=1S/C8H13N3S/c1-2-8(3-4-8)5-9-7-11-10-6-12-7/h6H,2-5H2,1H3,(H,9,11). The molecule has 2 rings (SSSR count). The Kier molecular flexibility index (Phi) is 2.00. The SMILES string of the molecule is CCC1(CNc2nncs2)CC1. The number of nitrogens with zero attached hydrogens (tertiary/aromatic N) is 2. The van der Waals surface area contributed by atoms with Gasteiger partial charge in [-0.05, 0) is 24.7 Å². The molecule has 0 atom stereocenters. The molecule has 0 spiro atoms. The Morgan fingerprint density at radius 1 is 1.67 bits per heavy atom. The summed E-state index contributed by atoms with van der Waals surface area (Å²) in [5, 5.41) is 12.0. The molecule has 1 heterocycles. The highest BCUT2D eigenvalue weighted by molar-refractivity contribution is 7.13. The van der Waals surface area contributed by atoms with Gasteiger partial charge in [0, 0.05) is 6.54 Å². The molecule has 1 saturated carbocycles. The Morgan fingerprint density at radius 3 is 3.00 bits per heavy atom. The second-order valence-corrected chi connectivity index (χ2v) is 4.28. The van der Waals surface area contributed by atoms with Gasteiger partial charge >= 0.3 is 0 Å². The third kappa shape index (κ3) is 1.58. The van der Waals surface area contributed by atoms with Gasteiger partial charge in [0.25, 0.3) is 0 Å². The summed E-state index contributed by atoms with van der Waals surface area (Å²) in [6.45, 7) is 3.33. The van der Waals surface area contributed by atoms with Crippen molar-refractivity contribution in [3.63, 3.8) is 0 Å². The quantitative estimate of drug-likeness (QED) is 0.777. The maximum atomic E-state index is 3.94. The molecule has 3 nitrogen and oxygen atoms in total. The topological polar surface area (TPSA) is 37.8 Å². The first-order valence-corrected chi connectivity index (χ1v) is 5.23. The van der Waals surface area contributed by atoms with Crippen molar-refractivity contribution in [2.75, 3.05) is 11.9 Å². The number of anilines is 1. The fraction of sp³-hybridized carbons (Fsp3) is 0.750. The molecule has 1 aromatic heterocycles. The van der Waals surface area contributed by atoms with Crippen LogP contribution in [0.25, 0.3) is 0 Å². The monoisotopic (exact) mass is 183 g/mol. The van der Waals surface area contributed by atoms with Crippen molar-refractivity contribution in [3.05, 3.63) is 5.51 Å². The second-order valence-electron chi connectivity index (χ2n) is 3.45. The Morgan fingerprint density at radius 2 is 2.50 bits per heavy atom. The van der Waals surface area contributed by atoms with Crippen molar-refractivity contribution >= 4 is 16.5 Å². The molecule has 0 aromatic carbocycles. The van der Waals surface area contributed by atoms with E-state index in [2.05, 4.69) is 22.4 Å². The molecular formula is C8H13N3S. The Balaban J connectivity index is 1.83. The number of aromatic nitrogens is 2. The zero-order valence-corrected chi connectivity index (χ0v) is 8.02. The van der Waals surface area contributed by atoms with Gasteiger partial charge < -0.3 is 5.32 Å². The summed E-state index contributed by atoms with van der Waals surface area (Å²) in [6, 6.07) is 0. The molecule has 1 aromatic rings. The maximum absolute atomic E-state index is 3.94. The minimum Gasteiger partial charge on any atom is -0.360 e. The van der Waals surface area contributed by atoms with E-state index in [1.54, 1.807) is 16.8 Å². The average Bonchev–Trinajstić information content (AvgIpc) is 2.70. The fourth-order valence-electron chi connectivity index (χ4n) is 1.35. The van der Waals surface area contributed by atoms with E-state index in [0.717, 1.165) is 11.7 Å². The smallest absolute Gasteiger partial charge is 0.205 e.